The number of halogens is 1. The first-order chi connectivity index (χ1) is 12.9. The summed E-state index contributed by atoms with van der Waals surface area (Å²) in [6.45, 7) is 2.31. The SMILES string of the molecule is C[C@H](NC(=O)COC(=O)c1ccc(Cl)cc1O)c1ccc2c(c1)OCCO2. The number of phenols is 1. The van der Waals surface area contributed by atoms with Crippen LogP contribution >= 0.6 is 11.6 Å². The van der Waals surface area contributed by atoms with E-state index in [0.717, 1.165) is 5.56 Å². The van der Waals surface area contributed by atoms with Gasteiger partial charge in [-0.1, -0.05) is 17.7 Å². The minimum atomic E-state index is -0.814. The standard InChI is InChI=1S/C19H18ClNO6/c1-11(12-2-5-16-17(8-12)26-7-6-25-16)21-18(23)10-27-19(24)14-4-3-13(20)9-15(14)22/h2-5,8-9,11,22H,6-7,10H2,1H3,(H,21,23)/t11-/m0/s1. The molecule has 142 valence electrons. The van der Waals surface area contributed by atoms with E-state index in [0.29, 0.717) is 24.7 Å². The van der Waals surface area contributed by atoms with Gasteiger partial charge in [0.2, 0.25) is 0 Å². The van der Waals surface area contributed by atoms with Crippen LogP contribution in [0.15, 0.2) is 36.4 Å². The summed E-state index contributed by atoms with van der Waals surface area (Å²) in [5.74, 6) is -0.298. The molecule has 1 amide bonds. The van der Waals surface area contributed by atoms with Gasteiger partial charge in [-0.05, 0) is 42.8 Å². The van der Waals surface area contributed by atoms with Crippen molar-refractivity contribution in [2.45, 2.75) is 13.0 Å². The van der Waals surface area contributed by atoms with Crippen molar-refractivity contribution in [1.29, 1.82) is 0 Å². The molecule has 0 radical (unpaired) electrons. The van der Waals surface area contributed by atoms with Crippen LogP contribution in [-0.4, -0.2) is 36.8 Å². The molecule has 1 heterocycles. The summed E-state index contributed by atoms with van der Waals surface area (Å²) in [5.41, 5.74) is 0.765. The highest BCUT2D eigenvalue weighted by Gasteiger charge is 2.18. The number of phenolic OH excluding ortho intramolecular Hbond substituents is 1. The lowest BCUT2D eigenvalue weighted by atomic mass is 10.1. The molecular formula is C19H18ClNO6. The third kappa shape index (κ3) is 4.62. The molecular weight excluding hydrogens is 374 g/mol. The smallest absolute Gasteiger partial charge is 0.342 e. The van der Waals surface area contributed by atoms with Crippen LogP contribution in [0.3, 0.4) is 0 Å². The topological polar surface area (TPSA) is 94.1 Å². The number of aromatic hydroxyl groups is 1. The number of nitrogens with one attached hydrogen (secondary N) is 1. The molecule has 2 aromatic carbocycles. The molecule has 3 rings (SSSR count). The number of fused-ring (bicyclic) bond motifs is 1. The van der Waals surface area contributed by atoms with Gasteiger partial charge in [-0.25, -0.2) is 4.79 Å². The Labute approximate surface area is 160 Å². The van der Waals surface area contributed by atoms with Crippen LogP contribution in [-0.2, 0) is 9.53 Å². The molecule has 0 spiro atoms. The van der Waals surface area contributed by atoms with Crippen molar-refractivity contribution in [2.75, 3.05) is 19.8 Å². The molecule has 2 aromatic rings. The van der Waals surface area contributed by atoms with E-state index in [-0.39, 0.29) is 22.4 Å². The minimum absolute atomic E-state index is 0.0629. The van der Waals surface area contributed by atoms with Crippen LogP contribution in [0.25, 0.3) is 0 Å². The molecule has 1 atom stereocenters. The average Bonchev–Trinajstić information content (AvgIpc) is 2.65. The minimum Gasteiger partial charge on any atom is -0.507 e. The van der Waals surface area contributed by atoms with E-state index in [2.05, 4.69) is 5.32 Å². The highest BCUT2D eigenvalue weighted by molar-refractivity contribution is 6.30. The Morgan fingerprint density at radius 1 is 1.19 bits per heavy atom. The zero-order chi connectivity index (χ0) is 19.4. The predicted octanol–water partition coefficient (Wildman–Crippen LogP) is 2.85. The Morgan fingerprint density at radius 2 is 1.93 bits per heavy atom. The summed E-state index contributed by atoms with van der Waals surface area (Å²) in [6, 6.07) is 9.10. The maximum Gasteiger partial charge on any atom is 0.342 e. The molecule has 0 saturated heterocycles. The first-order valence-corrected chi connectivity index (χ1v) is 8.66. The molecule has 0 bridgehead atoms. The average molecular weight is 392 g/mol. The van der Waals surface area contributed by atoms with Crippen molar-refractivity contribution < 1.29 is 28.9 Å². The van der Waals surface area contributed by atoms with Gasteiger partial charge >= 0.3 is 5.97 Å². The van der Waals surface area contributed by atoms with Gasteiger partial charge in [0.1, 0.15) is 24.5 Å². The normalized spacial score (nSPS) is 13.6. The molecule has 0 fully saturated rings. The summed E-state index contributed by atoms with van der Waals surface area (Å²) in [5, 5.41) is 12.7. The number of carbonyl (C=O) groups is 2. The van der Waals surface area contributed by atoms with Gasteiger partial charge in [0, 0.05) is 5.02 Å². The van der Waals surface area contributed by atoms with Crippen molar-refractivity contribution in [3.63, 3.8) is 0 Å². The zero-order valence-electron chi connectivity index (χ0n) is 14.5. The summed E-state index contributed by atoms with van der Waals surface area (Å²) in [7, 11) is 0. The van der Waals surface area contributed by atoms with E-state index in [4.69, 9.17) is 25.8 Å². The first kappa shape index (κ1) is 18.8. The Kier molecular flexibility index (Phi) is 5.71. The zero-order valence-corrected chi connectivity index (χ0v) is 15.3. The molecule has 0 unspecified atom stereocenters. The van der Waals surface area contributed by atoms with Crippen LogP contribution < -0.4 is 14.8 Å². The molecule has 8 heteroatoms. The maximum atomic E-state index is 12.1. The van der Waals surface area contributed by atoms with Crippen molar-refractivity contribution in [2.24, 2.45) is 0 Å². The van der Waals surface area contributed by atoms with Crippen molar-refractivity contribution in [3.8, 4) is 17.2 Å². The molecule has 1 aliphatic rings. The van der Waals surface area contributed by atoms with Crippen LogP contribution in [0.1, 0.15) is 28.9 Å². The number of hydrogen-bond donors (Lipinski definition) is 2. The molecule has 1 aliphatic heterocycles. The fourth-order valence-electron chi connectivity index (χ4n) is 2.58. The van der Waals surface area contributed by atoms with Gasteiger partial charge in [-0.2, -0.15) is 0 Å². The molecule has 2 N–H and O–H groups in total. The van der Waals surface area contributed by atoms with E-state index in [1.54, 1.807) is 19.1 Å². The van der Waals surface area contributed by atoms with Crippen molar-refractivity contribution in [1.82, 2.24) is 5.32 Å². The molecule has 27 heavy (non-hydrogen) atoms. The monoisotopic (exact) mass is 391 g/mol. The predicted molar refractivity (Wildman–Crippen MR) is 97.4 cm³/mol. The summed E-state index contributed by atoms with van der Waals surface area (Å²) in [6.07, 6.45) is 0. The van der Waals surface area contributed by atoms with E-state index < -0.39 is 18.5 Å². The second kappa shape index (κ2) is 8.18. The first-order valence-electron chi connectivity index (χ1n) is 8.28. The lowest BCUT2D eigenvalue weighted by molar-refractivity contribution is -0.124. The lowest BCUT2D eigenvalue weighted by Gasteiger charge is -2.21. The fourth-order valence-corrected chi connectivity index (χ4v) is 2.75. The highest BCUT2D eigenvalue weighted by atomic mass is 35.5. The van der Waals surface area contributed by atoms with Crippen molar-refractivity contribution in [3.05, 3.63) is 52.5 Å². The second-order valence-electron chi connectivity index (χ2n) is 5.93. The largest absolute Gasteiger partial charge is 0.507 e. The molecule has 0 saturated carbocycles. The highest BCUT2D eigenvalue weighted by Crippen LogP contribution is 2.32. The van der Waals surface area contributed by atoms with Gasteiger partial charge in [0.15, 0.2) is 18.1 Å². The van der Waals surface area contributed by atoms with Gasteiger partial charge in [-0.15, -0.1) is 0 Å². The number of esters is 1. The van der Waals surface area contributed by atoms with Crippen molar-refractivity contribution >= 4 is 23.5 Å². The summed E-state index contributed by atoms with van der Waals surface area (Å²) >= 11 is 5.72. The molecule has 7 nitrogen and oxygen atoms in total. The second-order valence-corrected chi connectivity index (χ2v) is 6.37. The lowest BCUT2D eigenvalue weighted by Crippen LogP contribution is -2.31. The van der Waals surface area contributed by atoms with E-state index in [1.807, 2.05) is 6.07 Å². The van der Waals surface area contributed by atoms with Gasteiger partial charge < -0.3 is 24.6 Å². The Hall–Kier alpha value is -2.93. The summed E-state index contributed by atoms with van der Waals surface area (Å²) < 4.78 is 15.9. The number of rotatable bonds is 5. The number of hydrogen-bond acceptors (Lipinski definition) is 6. The third-order valence-electron chi connectivity index (χ3n) is 3.96. The van der Waals surface area contributed by atoms with Crippen LogP contribution in [0.5, 0.6) is 17.2 Å². The van der Waals surface area contributed by atoms with Gasteiger partial charge in [0.05, 0.1) is 6.04 Å². The third-order valence-corrected chi connectivity index (χ3v) is 4.19. The van der Waals surface area contributed by atoms with Crippen LogP contribution in [0.4, 0.5) is 0 Å². The number of amides is 1. The Balaban J connectivity index is 1.55. The number of benzene rings is 2. The molecule has 0 aromatic heterocycles. The van der Waals surface area contributed by atoms with Crippen LogP contribution in [0, 0.1) is 0 Å². The van der Waals surface area contributed by atoms with E-state index >= 15 is 0 Å². The van der Waals surface area contributed by atoms with Gasteiger partial charge in [0.25, 0.3) is 5.91 Å². The summed E-state index contributed by atoms with van der Waals surface area (Å²) in [4.78, 5) is 24.0. The number of ether oxygens (including phenoxy) is 3. The Morgan fingerprint density at radius 3 is 2.67 bits per heavy atom. The quantitative estimate of drug-likeness (QED) is 0.761. The Bertz CT molecular complexity index is 869. The molecule has 0 aliphatic carbocycles. The van der Waals surface area contributed by atoms with E-state index in [9.17, 15) is 14.7 Å². The fraction of sp³-hybridized carbons (Fsp3) is 0.263. The van der Waals surface area contributed by atoms with Gasteiger partial charge in [-0.3, -0.25) is 4.79 Å². The number of carbonyl (C=O) groups excluding carboxylic acids is 2. The van der Waals surface area contributed by atoms with E-state index in [1.165, 1.54) is 18.2 Å². The van der Waals surface area contributed by atoms with Crippen LogP contribution in [0.2, 0.25) is 5.02 Å². The maximum absolute atomic E-state index is 12.1.